The van der Waals surface area contributed by atoms with E-state index in [-0.39, 0.29) is 0 Å². The van der Waals surface area contributed by atoms with Crippen LogP contribution in [0.15, 0.2) is 180 Å². The van der Waals surface area contributed by atoms with Crippen LogP contribution >= 0.6 is 0 Å². The molecule has 0 atom stereocenters. The van der Waals surface area contributed by atoms with E-state index in [1.807, 2.05) is 6.07 Å². The highest BCUT2D eigenvalue weighted by molar-refractivity contribution is 6.14. The minimum absolute atomic E-state index is 0.423. The number of hydrogen-bond acceptors (Lipinski definition) is 2. The van der Waals surface area contributed by atoms with E-state index in [0.717, 1.165) is 39.0 Å². The van der Waals surface area contributed by atoms with Crippen molar-refractivity contribution < 1.29 is 4.42 Å². The van der Waals surface area contributed by atoms with E-state index in [4.69, 9.17) is 4.42 Å². The largest absolute Gasteiger partial charge is 0.456 e. The second kappa shape index (κ2) is 9.82. The van der Waals surface area contributed by atoms with Crippen LogP contribution in [0.4, 0.5) is 17.1 Å². The van der Waals surface area contributed by atoms with Gasteiger partial charge in [0.2, 0.25) is 0 Å². The van der Waals surface area contributed by atoms with Gasteiger partial charge in [0.1, 0.15) is 11.2 Å². The van der Waals surface area contributed by atoms with Crippen molar-refractivity contribution in [2.75, 3.05) is 4.90 Å². The van der Waals surface area contributed by atoms with Crippen LogP contribution in [0, 0.1) is 0 Å². The summed E-state index contributed by atoms with van der Waals surface area (Å²) in [5, 5.41) is 4.63. The van der Waals surface area contributed by atoms with E-state index in [2.05, 4.69) is 175 Å². The number of benzene rings is 8. The van der Waals surface area contributed by atoms with Crippen molar-refractivity contribution in [2.24, 2.45) is 0 Å². The number of fused-ring (bicyclic) bond motifs is 14. The summed E-state index contributed by atoms with van der Waals surface area (Å²) in [6, 6.07) is 64.3. The van der Waals surface area contributed by atoms with Gasteiger partial charge in [-0.3, -0.25) is 0 Å². The molecule has 8 aromatic carbocycles. The van der Waals surface area contributed by atoms with Crippen LogP contribution in [0.25, 0.3) is 55.0 Å². The maximum absolute atomic E-state index is 6.45. The first-order chi connectivity index (χ1) is 24.3. The van der Waals surface area contributed by atoms with Crippen LogP contribution in [0.2, 0.25) is 0 Å². The Morgan fingerprint density at radius 2 is 0.918 bits per heavy atom. The average molecular weight is 624 g/mol. The van der Waals surface area contributed by atoms with Crippen molar-refractivity contribution in [3.05, 3.63) is 198 Å². The number of para-hydroxylation sites is 1. The minimum Gasteiger partial charge on any atom is -0.456 e. The number of furan rings is 1. The molecule has 11 rings (SSSR count). The first kappa shape index (κ1) is 26.7. The van der Waals surface area contributed by atoms with Crippen LogP contribution in [-0.4, -0.2) is 0 Å². The summed E-state index contributed by atoms with van der Waals surface area (Å²) >= 11 is 0. The fourth-order valence-corrected chi connectivity index (χ4v) is 8.98. The Balaban J connectivity index is 1.26. The third-order valence-electron chi connectivity index (χ3n) is 10.9. The monoisotopic (exact) mass is 623 g/mol. The fourth-order valence-electron chi connectivity index (χ4n) is 8.98. The zero-order valence-electron chi connectivity index (χ0n) is 26.6. The van der Waals surface area contributed by atoms with E-state index < -0.39 is 5.41 Å². The number of rotatable bonds is 3. The topological polar surface area (TPSA) is 16.4 Å². The molecule has 1 heterocycles. The van der Waals surface area contributed by atoms with Gasteiger partial charge in [0.15, 0.2) is 0 Å². The Labute approximate surface area is 284 Å². The molecule has 2 aliphatic rings. The molecular weight excluding hydrogens is 595 g/mol. The summed E-state index contributed by atoms with van der Waals surface area (Å²) in [6.45, 7) is 0. The lowest BCUT2D eigenvalue weighted by atomic mass is 9.70. The highest BCUT2D eigenvalue weighted by Gasteiger charge is 2.51. The average Bonchev–Trinajstić information content (AvgIpc) is 3.79. The maximum atomic E-state index is 6.45. The Morgan fingerprint density at radius 3 is 1.65 bits per heavy atom. The van der Waals surface area contributed by atoms with E-state index in [0.29, 0.717) is 0 Å². The van der Waals surface area contributed by atoms with Crippen molar-refractivity contribution in [2.45, 2.75) is 5.41 Å². The van der Waals surface area contributed by atoms with Gasteiger partial charge >= 0.3 is 0 Å². The first-order valence-electron chi connectivity index (χ1n) is 16.9. The molecule has 9 aromatic rings. The van der Waals surface area contributed by atoms with E-state index in [1.54, 1.807) is 0 Å². The van der Waals surface area contributed by atoms with Gasteiger partial charge in [-0.1, -0.05) is 140 Å². The molecule has 0 bridgehead atoms. The molecule has 0 fully saturated rings. The van der Waals surface area contributed by atoms with Crippen molar-refractivity contribution in [1.29, 1.82) is 0 Å². The van der Waals surface area contributed by atoms with E-state index in [9.17, 15) is 0 Å². The molecule has 0 unspecified atom stereocenters. The molecule has 0 amide bonds. The molecular formula is C47H29NO. The quantitative estimate of drug-likeness (QED) is 0.195. The number of hydrogen-bond donors (Lipinski definition) is 0. The molecule has 2 nitrogen and oxygen atoms in total. The molecule has 2 heteroatoms. The Morgan fingerprint density at radius 1 is 0.388 bits per heavy atom. The summed E-state index contributed by atoms with van der Waals surface area (Å²) in [5.74, 6) is 0. The molecule has 0 saturated heterocycles. The van der Waals surface area contributed by atoms with Crippen LogP contribution < -0.4 is 4.90 Å². The minimum atomic E-state index is -0.423. The second-order valence-corrected chi connectivity index (χ2v) is 13.2. The maximum Gasteiger partial charge on any atom is 0.137 e. The number of nitrogens with zero attached hydrogens (tertiary/aromatic N) is 1. The second-order valence-electron chi connectivity index (χ2n) is 13.2. The predicted octanol–water partition coefficient (Wildman–Crippen LogP) is 12.6. The van der Waals surface area contributed by atoms with Gasteiger partial charge in [0.25, 0.3) is 0 Å². The standard InChI is InChI=1S/C47H29NO/c1-2-15-32-30(13-1)14-11-23-42(32)48(43-24-12-26-45-46(43)37-19-6-10-25-44(37)49-45)31-27-28-36-35-18-5-9-22-40(35)47(41(36)29-31)38-20-7-3-16-33(38)34-17-4-8-21-39(34)47/h1-29H. The van der Waals surface area contributed by atoms with Gasteiger partial charge < -0.3 is 9.32 Å². The van der Waals surface area contributed by atoms with Gasteiger partial charge in [0.05, 0.1) is 22.2 Å². The van der Waals surface area contributed by atoms with Crippen LogP contribution in [0.3, 0.4) is 0 Å². The molecule has 0 saturated carbocycles. The summed E-state index contributed by atoms with van der Waals surface area (Å²) in [7, 11) is 0. The van der Waals surface area contributed by atoms with Gasteiger partial charge in [-0.25, -0.2) is 0 Å². The summed E-state index contributed by atoms with van der Waals surface area (Å²) in [5.41, 5.74) is 15.3. The lowest BCUT2D eigenvalue weighted by Crippen LogP contribution is -2.26. The zero-order valence-corrected chi connectivity index (χ0v) is 26.6. The van der Waals surface area contributed by atoms with Gasteiger partial charge in [-0.2, -0.15) is 0 Å². The van der Waals surface area contributed by atoms with Gasteiger partial charge in [-0.05, 0) is 86.3 Å². The van der Waals surface area contributed by atoms with E-state index >= 15 is 0 Å². The van der Waals surface area contributed by atoms with Crippen molar-refractivity contribution in [3.8, 4) is 22.3 Å². The van der Waals surface area contributed by atoms with Gasteiger partial charge in [0, 0.05) is 16.5 Å². The zero-order chi connectivity index (χ0) is 32.1. The predicted molar refractivity (Wildman–Crippen MR) is 202 cm³/mol. The highest BCUT2D eigenvalue weighted by atomic mass is 16.3. The normalized spacial score (nSPS) is 13.5. The van der Waals surface area contributed by atoms with E-state index in [1.165, 1.54) is 55.3 Å². The molecule has 0 N–H and O–H groups in total. The van der Waals surface area contributed by atoms with Crippen molar-refractivity contribution in [1.82, 2.24) is 0 Å². The number of anilines is 3. The van der Waals surface area contributed by atoms with Gasteiger partial charge in [-0.15, -0.1) is 0 Å². The molecule has 1 spiro atoms. The third kappa shape index (κ3) is 3.45. The summed E-state index contributed by atoms with van der Waals surface area (Å²) in [4.78, 5) is 2.45. The smallest absolute Gasteiger partial charge is 0.137 e. The van der Waals surface area contributed by atoms with Crippen molar-refractivity contribution in [3.63, 3.8) is 0 Å². The van der Waals surface area contributed by atoms with Crippen molar-refractivity contribution >= 4 is 49.8 Å². The summed E-state index contributed by atoms with van der Waals surface area (Å²) < 4.78 is 6.45. The third-order valence-corrected chi connectivity index (χ3v) is 10.9. The molecule has 0 aliphatic heterocycles. The first-order valence-corrected chi connectivity index (χ1v) is 16.9. The molecule has 228 valence electrons. The SMILES string of the molecule is c1ccc2c(c1)-c1ccccc1C21c2ccccc2-c2ccc(N(c3cccc4ccccc34)c3cccc4oc5ccccc5c34)cc21. The lowest BCUT2D eigenvalue weighted by molar-refractivity contribution is 0.669. The van der Waals surface area contributed by atoms with Crippen LogP contribution in [-0.2, 0) is 5.41 Å². The molecule has 2 aliphatic carbocycles. The Kier molecular flexibility index (Phi) is 5.34. The highest BCUT2D eigenvalue weighted by Crippen LogP contribution is 2.63. The molecule has 0 radical (unpaired) electrons. The Bertz CT molecular complexity index is 2740. The summed E-state index contributed by atoms with van der Waals surface area (Å²) in [6.07, 6.45) is 0. The molecule has 1 aromatic heterocycles. The molecule has 49 heavy (non-hydrogen) atoms. The van der Waals surface area contributed by atoms with Crippen LogP contribution in [0.1, 0.15) is 22.3 Å². The Hall–Kier alpha value is -6.38. The fraction of sp³-hybridized carbons (Fsp3) is 0.0213. The lowest BCUT2D eigenvalue weighted by Gasteiger charge is -2.32. The van der Waals surface area contributed by atoms with Crippen LogP contribution in [0.5, 0.6) is 0 Å².